The number of furan rings is 1. The molecular formula is C12H5BrF3N3O2S. The van der Waals surface area contributed by atoms with Crippen LogP contribution in [0.4, 0.5) is 18.3 Å². The molecule has 3 rings (SSSR count). The number of nitrogens with one attached hydrogen (secondary N) is 1. The number of alkyl halides is 3. The van der Waals surface area contributed by atoms with Gasteiger partial charge in [0.25, 0.3) is 5.91 Å². The van der Waals surface area contributed by atoms with E-state index < -0.39 is 17.1 Å². The van der Waals surface area contributed by atoms with E-state index in [4.69, 9.17) is 4.42 Å². The van der Waals surface area contributed by atoms with Gasteiger partial charge in [0.1, 0.15) is 5.58 Å². The van der Waals surface area contributed by atoms with Crippen LogP contribution in [0.5, 0.6) is 0 Å². The summed E-state index contributed by atoms with van der Waals surface area (Å²) in [7, 11) is 0. The van der Waals surface area contributed by atoms with Crippen LogP contribution in [0.15, 0.2) is 33.2 Å². The maximum absolute atomic E-state index is 12.4. The average molecular weight is 392 g/mol. The van der Waals surface area contributed by atoms with Crippen molar-refractivity contribution >= 4 is 49.3 Å². The van der Waals surface area contributed by atoms with E-state index in [9.17, 15) is 18.0 Å². The Balaban J connectivity index is 1.84. The smallest absolute Gasteiger partial charge is 0.445 e. The number of halogens is 4. The predicted molar refractivity (Wildman–Crippen MR) is 76.8 cm³/mol. The summed E-state index contributed by atoms with van der Waals surface area (Å²) in [5.74, 6) is -0.737. The number of hydrogen-bond acceptors (Lipinski definition) is 5. The number of aromatic nitrogens is 2. The summed E-state index contributed by atoms with van der Waals surface area (Å²) in [6, 6.07) is 6.74. The van der Waals surface area contributed by atoms with E-state index in [1.54, 1.807) is 18.2 Å². The van der Waals surface area contributed by atoms with Gasteiger partial charge in [0.2, 0.25) is 10.1 Å². The molecule has 2 heterocycles. The van der Waals surface area contributed by atoms with Crippen LogP contribution in [0, 0.1) is 0 Å². The topological polar surface area (TPSA) is 68.0 Å². The Kier molecular flexibility index (Phi) is 3.65. The molecule has 3 aromatic rings. The second-order valence-corrected chi connectivity index (χ2v) is 5.96. The molecule has 0 radical (unpaired) electrons. The molecule has 0 saturated heterocycles. The van der Waals surface area contributed by atoms with E-state index in [0.29, 0.717) is 15.4 Å². The lowest BCUT2D eigenvalue weighted by Gasteiger charge is -1.98. The molecule has 0 fully saturated rings. The Hall–Kier alpha value is -1.94. The zero-order valence-corrected chi connectivity index (χ0v) is 12.8. The molecule has 2 aromatic heterocycles. The molecule has 0 atom stereocenters. The molecule has 1 N–H and O–H groups in total. The first kappa shape index (κ1) is 15.0. The molecule has 114 valence electrons. The maximum Gasteiger partial charge on any atom is 0.445 e. The van der Waals surface area contributed by atoms with Crippen LogP contribution in [0.1, 0.15) is 15.6 Å². The Morgan fingerprint density at radius 1 is 1.32 bits per heavy atom. The van der Waals surface area contributed by atoms with E-state index in [0.717, 1.165) is 0 Å². The first-order valence-corrected chi connectivity index (χ1v) is 7.35. The molecule has 5 nitrogen and oxygen atoms in total. The fourth-order valence-corrected chi connectivity index (χ4v) is 2.75. The van der Waals surface area contributed by atoms with Gasteiger partial charge in [-0.3, -0.25) is 10.1 Å². The van der Waals surface area contributed by atoms with Crippen LogP contribution in [0.3, 0.4) is 0 Å². The number of carbonyl (C=O) groups excluding carboxylic acids is 1. The van der Waals surface area contributed by atoms with E-state index in [-0.39, 0.29) is 22.2 Å². The average Bonchev–Trinajstić information content (AvgIpc) is 3.04. The fourth-order valence-electron chi connectivity index (χ4n) is 1.69. The van der Waals surface area contributed by atoms with Crippen LogP contribution in [0.2, 0.25) is 0 Å². The normalized spacial score (nSPS) is 11.8. The predicted octanol–water partition coefficient (Wildman–Crippen LogP) is 4.32. The van der Waals surface area contributed by atoms with Gasteiger partial charge in [-0.25, -0.2) is 0 Å². The highest BCUT2D eigenvalue weighted by molar-refractivity contribution is 9.10. The minimum atomic E-state index is -4.59. The summed E-state index contributed by atoms with van der Waals surface area (Å²) in [5.41, 5.74) is 0.473. The third kappa shape index (κ3) is 2.83. The van der Waals surface area contributed by atoms with Gasteiger partial charge in [-0.15, -0.1) is 10.2 Å². The highest BCUT2D eigenvalue weighted by atomic mass is 79.9. The Morgan fingerprint density at radius 3 is 2.73 bits per heavy atom. The van der Waals surface area contributed by atoms with Gasteiger partial charge >= 0.3 is 6.18 Å². The van der Waals surface area contributed by atoms with Crippen molar-refractivity contribution < 1.29 is 22.4 Å². The van der Waals surface area contributed by atoms with Gasteiger partial charge in [-0.1, -0.05) is 23.5 Å². The standard InChI is InChI=1S/C12H5BrF3N3O2S/c13-6-3-1-2-5-4-7(21-8(5)6)9(20)17-11-19-18-10(22-11)12(14,15)16/h1-4H,(H,17,19,20). The molecule has 0 bridgehead atoms. The van der Waals surface area contributed by atoms with E-state index >= 15 is 0 Å². The van der Waals surface area contributed by atoms with E-state index in [1.807, 2.05) is 0 Å². The zero-order chi connectivity index (χ0) is 15.9. The Bertz CT molecular complexity index is 859. The maximum atomic E-state index is 12.4. The quantitative estimate of drug-likeness (QED) is 0.706. The molecular weight excluding hydrogens is 387 g/mol. The number of rotatable bonds is 2. The molecule has 0 unspecified atom stereocenters. The molecule has 10 heteroatoms. The number of anilines is 1. The fraction of sp³-hybridized carbons (Fsp3) is 0.0833. The lowest BCUT2D eigenvalue weighted by molar-refractivity contribution is -0.138. The number of nitrogens with zero attached hydrogens (tertiary/aromatic N) is 2. The van der Waals surface area contributed by atoms with Gasteiger partial charge in [-0.2, -0.15) is 13.2 Å². The Morgan fingerprint density at radius 2 is 2.09 bits per heavy atom. The lowest BCUT2D eigenvalue weighted by atomic mass is 10.2. The monoisotopic (exact) mass is 391 g/mol. The first-order valence-electron chi connectivity index (χ1n) is 5.75. The zero-order valence-electron chi connectivity index (χ0n) is 10.4. The van der Waals surface area contributed by atoms with Gasteiger partial charge in [0, 0.05) is 5.39 Å². The highest BCUT2D eigenvalue weighted by Crippen LogP contribution is 2.33. The second-order valence-electron chi connectivity index (χ2n) is 4.13. The van der Waals surface area contributed by atoms with Crippen molar-refractivity contribution in [3.05, 3.63) is 39.5 Å². The molecule has 1 aromatic carbocycles. The van der Waals surface area contributed by atoms with Crippen LogP contribution < -0.4 is 5.32 Å². The minimum Gasteiger partial charge on any atom is -0.450 e. The van der Waals surface area contributed by atoms with Crippen molar-refractivity contribution in [2.24, 2.45) is 0 Å². The van der Waals surface area contributed by atoms with Crippen LogP contribution in [-0.2, 0) is 6.18 Å². The number of benzene rings is 1. The summed E-state index contributed by atoms with van der Waals surface area (Å²) in [4.78, 5) is 12.0. The van der Waals surface area contributed by atoms with Crippen LogP contribution in [-0.4, -0.2) is 16.1 Å². The summed E-state index contributed by atoms with van der Waals surface area (Å²) in [6.45, 7) is 0. The SMILES string of the molecule is O=C(Nc1nnc(C(F)(F)F)s1)c1cc2cccc(Br)c2o1. The largest absolute Gasteiger partial charge is 0.450 e. The van der Waals surface area contributed by atoms with Crippen molar-refractivity contribution in [1.82, 2.24) is 10.2 Å². The van der Waals surface area contributed by atoms with E-state index in [1.165, 1.54) is 6.07 Å². The lowest BCUT2D eigenvalue weighted by Crippen LogP contribution is -2.10. The third-order valence-corrected chi connectivity index (χ3v) is 4.12. The van der Waals surface area contributed by atoms with Crippen molar-refractivity contribution in [3.8, 4) is 0 Å². The van der Waals surface area contributed by atoms with Crippen LogP contribution >= 0.6 is 27.3 Å². The second kappa shape index (κ2) is 5.36. The highest BCUT2D eigenvalue weighted by Gasteiger charge is 2.35. The number of carbonyl (C=O) groups is 1. The first-order chi connectivity index (χ1) is 10.3. The summed E-state index contributed by atoms with van der Waals surface area (Å²) < 4.78 is 43.3. The van der Waals surface area contributed by atoms with Gasteiger partial charge in [0.05, 0.1) is 4.47 Å². The molecule has 1 amide bonds. The van der Waals surface area contributed by atoms with Crippen molar-refractivity contribution in [2.45, 2.75) is 6.18 Å². The van der Waals surface area contributed by atoms with Gasteiger partial charge < -0.3 is 4.42 Å². The van der Waals surface area contributed by atoms with Gasteiger partial charge in [-0.05, 0) is 28.1 Å². The molecule has 22 heavy (non-hydrogen) atoms. The van der Waals surface area contributed by atoms with Crippen molar-refractivity contribution in [1.29, 1.82) is 0 Å². The van der Waals surface area contributed by atoms with Crippen molar-refractivity contribution in [3.63, 3.8) is 0 Å². The number of hydrogen-bond donors (Lipinski definition) is 1. The summed E-state index contributed by atoms with van der Waals surface area (Å²) in [6.07, 6.45) is -4.59. The third-order valence-electron chi connectivity index (χ3n) is 2.61. The minimum absolute atomic E-state index is 0.0364. The van der Waals surface area contributed by atoms with Crippen LogP contribution in [0.25, 0.3) is 11.0 Å². The molecule has 0 aliphatic rings. The van der Waals surface area contributed by atoms with Gasteiger partial charge in [0.15, 0.2) is 5.76 Å². The number of para-hydroxylation sites is 1. The van der Waals surface area contributed by atoms with E-state index in [2.05, 4.69) is 31.4 Å². The van der Waals surface area contributed by atoms with Crippen molar-refractivity contribution in [2.75, 3.05) is 5.32 Å². The summed E-state index contributed by atoms with van der Waals surface area (Å²) >= 11 is 3.52. The summed E-state index contributed by atoms with van der Waals surface area (Å²) in [5, 5.41) is 7.80. The number of amides is 1. The molecule has 0 saturated carbocycles. The number of fused-ring (bicyclic) bond motifs is 1. The Labute approximate surface area is 133 Å². The molecule has 0 aliphatic carbocycles. The molecule has 0 spiro atoms. The molecule has 0 aliphatic heterocycles.